The van der Waals surface area contributed by atoms with Crippen LogP contribution in [0.5, 0.6) is 0 Å². The van der Waals surface area contributed by atoms with Gasteiger partial charge in [0, 0.05) is 24.4 Å². The summed E-state index contributed by atoms with van der Waals surface area (Å²) < 4.78 is 24.9. The van der Waals surface area contributed by atoms with Crippen LogP contribution in [0.3, 0.4) is 0 Å². The number of aromatic nitrogens is 3. The van der Waals surface area contributed by atoms with Crippen LogP contribution in [0.15, 0.2) is 24.4 Å². The van der Waals surface area contributed by atoms with E-state index in [1.165, 1.54) is 0 Å². The summed E-state index contributed by atoms with van der Waals surface area (Å²) in [5.74, 6) is -0.487. The standard InChI is InChI=1S/C14H16F2N4O/c1-8-4-3-5-17-10(8)6-9(2)18-14(21)12-7-11(13(15)16)19-20-12/h3-5,7,9,13H,6H2,1-2H3,(H,18,21)(H,19,20)/t9-/m0/s1. The van der Waals surface area contributed by atoms with Gasteiger partial charge >= 0.3 is 0 Å². The molecule has 0 aliphatic rings. The highest BCUT2D eigenvalue weighted by molar-refractivity contribution is 5.92. The number of nitrogens with one attached hydrogen (secondary N) is 2. The van der Waals surface area contributed by atoms with E-state index in [4.69, 9.17) is 0 Å². The van der Waals surface area contributed by atoms with E-state index in [-0.39, 0.29) is 17.4 Å². The average molecular weight is 294 g/mol. The Morgan fingerprint density at radius 2 is 2.24 bits per heavy atom. The van der Waals surface area contributed by atoms with Gasteiger partial charge in [-0.2, -0.15) is 5.10 Å². The second kappa shape index (κ2) is 6.43. The molecule has 0 fully saturated rings. The fourth-order valence-corrected chi connectivity index (χ4v) is 1.94. The molecule has 0 aromatic carbocycles. The predicted octanol–water partition coefficient (Wildman–Crippen LogP) is 2.41. The van der Waals surface area contributed by atoms with Crippen molar-refractivity contribution in [3.8, 4) is 0 Å². The fourth-order valence-electron chi connectivity index (χ4n) is 1.94. The van der Waals surface area contributed by atoms with Gasteiger partial charge in [0.05, 0.1) is 0 Å². The van der Waals surface area contributed by atoms with E-state index >= 15 is 0 Å². The minimum Gasteiger partial charge on any atom is -0.348 e. The Morgan fingerprint density at radius 3 is 2.86 bits per heavy atom. The van der Waals surface area contributed by atoms with Gasteiger partial charge in [-0.15, -0.1) is 0 Å². The molecule has 7 heteroatoms. The number of aryl methyl sites for hydroxylation is 1. The summed E-state index contributed by atoms with van der Waals surface area (Å²) in [5.41, 5.74) is 1.52. The van der Waals surface area contributed by atoms with Gasteiger partial charge in [-0.3, -0.25) is 14.9 Å². The van der Waals surface area contributed by atoms with Crippen LogP contribution in [0.1, 0.15) is 40.8 Å². The normalized spacial score (nSPS) is 12.4. The molecule has 1 atom stereocenters. The van der Waals surface area contributed by atoms with Crippen molar-refractivity contribution in [1.29, 1.82) is 0 Å². The first kappa shape index (κ1) is 15.1. The van der Waals surface area contributed by atoms with E-state index in [0.717, 1.165) is 17.3 Å². The van der Waals surface area contributed by atoms with Gasteiger partial charge < -0.3 is 5.32 Å². The van der Waals surface area contributed by atoms with E-state index < -0.39 is 12.3 Å². The number of rotatable bonds is 5. The third-order valence-electron chi connectivity index (χ3n) is 3.06. The molecule has 2 aromatic rings. The third-order valence-corrected chi connectivity index (χ3v) is 3.06. The van der Waals surface area contributed by atoms with Gasteiger partial charge in [0.1, 0.15) is 11.4 Å². The van der Waals surface area contributed by atoms with Crippen LogP contribution >= 0.6 is 0 Å². The van der Waals surface area contributed by atoms with Crippen molar-refractivity contribution < 1.29 is 13.6 Å². The van der Waals surface area contributed by atoms with Crippen LogP contribution in [0.2, 0.25) is 0 Å². The van der Waals surface area contributed by atoms with Gasteiger partial charge in [-0.25, -0.2) is 8.78 Å². The van der Waals surface area contributed by atoms with Crippen LogP contribution in [-0.4, -0.2) is 27.1 Å². The monoisotopic (exact) mass is 294 g/mol. The average Bonchev–Trinajstić information content (AvgIpc) is 2.91. The van der Waals surface area contributed by atoms with Crippen LogP contribution in [0, 0.1) is 6.92 Å². The zero-order chi connectivity index (χ0) is 15.4. The maximum Gasteiger partial charge on any atom is 0.279 e. The molecule has 0 saturated carbocycles. The van der Waals surface area contributed by atoms with Gasteiger partial charge in [0.25, 0.3) is 12.3 Å². The molecular formula is C14H16F2N4O. The van der Waals surface area contributed by atoms with Crippen LogP contribution in [0.4, 0.5) is 8.78 Å². The lowest BCUT2D eigenvalue weighted by Gasteiger charge is -2.13. The van der Waals surface area contributed by atoms with Crippen molar-refractivity contribution in [2.45, 2.75) is 32.7 Å². The molecule has 2 N–H and O–H groups in total. The van der Waals surface area contributed by atoms with Gasteiger partial charge in [-0.05, 0) is 31.5 Å². The maximum atomic E-state index is 12.4. The van der Waals surface area contributed by atoms with Gasteiger partial charge in [-0.1, -0.05) is 6.07 Å². The van der Waals surface area contributed by atoms with Crippen molar-refractivity contribution in [2.75, 3.05) is 0 Å². The number of carbonyl (C=O) groups excluding carboxylic acids is 1. The van der Waals surface area contributed by atoms with Crippen molar-refractivity contribution in [3.05, 3.63) is 47.0 Å². The maximum absolute atomic E-state index is 12.4. The Balaban J connectivity index is 1.97. The highest BCUT2D eigenvalue weighted by atomic mass is 19.3. The summed E-state index contributed by atoms with van der Waals surface area (Å²) in [7, 11) is 0. The highest BCUT2D eigenvalue weighted by Gasteiger charge is 2.17. The number of nitrogens with zero attached hydrogens (tertiary/aromatic N) is 2. The summed E-state index contributed by atoms with van der Waals surface area (Å²) in [4.78, 5) is 16.2. The first-order valence-corrected chi connectivity index (χ1v) is 6.52. The number of pyridine rings is 1. The Kier molecular flexibility index (Phi) is 4.62. The summed E-state index contributed by atoms with van der Waals surface area (Å²) >= 11 is 0. The molecular weight excluding hydrogens is 278 g/mol. The summed E-state index contributed by atoms with van der Waals surface area (Å²) in [6, 6.07) is 4.66. The molecule has 0 aliphatic heterocycles. The van der Waals surface area contributed by atoms with Gasteiger partial charge in [0.15, 0.2) is 0 Å². The molecule has 21 heavy (non-hydrogen) atoms. The minimum atomic E-state index is -2.67. The number of hydrogen-bond donors (Lipinski definition) is 2. The molecule has 1 amide bonds. The zero-order valence-electron chi connectivity index (χ0n) is 11.7. The number of alkyl halides is 2. The molecule has 0 aliphatic carbocycles. The lowest BCUT2D eigenvalue weighted by molar-refractivity contribution is 0.0935. The molecule has 0 spiro atoms. The molecule has 0 bridgehead atoms. The fraction of sp³-hybridized carbons (Fsp3) is 0.357. The molecule has 112 valence electrons. The van der Waals surface area contributed by atoms with Crippen LogP contribution in [0.25, 0.3) is 0 Å². The molecule has 5 nitrogen and oxygen atoms in total. The first-order valence-electron chi connectivity index (χ1n) is 6.52. The largest absolute Gasteiger partial charge is 0.348 e. The summed E-state index contributed by atoms with van der Waals surface area (Å²) in [6.07, 6.45) is -0.419. The summed E-state index contributed by atoms with van der Waals surface area (Å²) in [6.45, 7) is 3.77. The quantitative estimate of drug-likeness (QED) is 0.889. The molecule has 2 aromatic heterocycles. The van der Waals surface area contributed by atoms with E-state index in [1.807, 2.05) is 26.0 Å². The van der Waals surface area contributed by atoms with Crippen LogP contribution in [-0.2, 0) is 6.42 Å². The smallest absolute Gasteiger partial charge is 0.279 e. The number of H-pyrrole nitrogens is 1. The SMILES string of the molecule is Cc1cccnc1C[C@H](C)NC(=O)c1cc(C(F)F)[nH]n1. The second-order valence-electron chi connectivity index (χ2n) is 4.85. The van der Waals surface area contributed by atoms with Crippen molar-refractivity contribution in [2.24, 2.45) is 0 Å². The Bertz CT molecular complexity index is 627. The lowest BCUT2D eigenvalue weighted by atomic mass is 10.1. The Labute approximate surface area is 120 Å². The zero-order valence-corrected chi connectivity index (χ0v) is 11.7. The Hall–Kier alpha value is -2.31. The number of halogens is 2. The van der Waals surface area contributed by atoms with Crippen LogP contribution < -0.4 is 5.32 Å². The molecule has 0 radical (unpaired) electrons. The van der Waals surface area contributed by atoms with E-state index in [2.05, 4.69) is 20.5 Å². The number of carbonyl (C=O) groups is 1. The van der Waals surface area contributed by atoms with E-state index in [0.29, 0.717) is 6.42 Å². The van der Waals surface area contributed by atoms with Gasteiger partial charge in [0.2, 0.25) is 0 Å². The molecule has 0 saturated heterocycles. The number of hydrogen-bond acceptors (Lipinski definition) is 3. The minimum absolute atomic E-state index is 0.0464. The van der Waals surface area contributed by atoms with Crippen molar-refractivity contribution in [3.63, 3.8) is 0 Å². The van der Waals surface area contributed by atoms with Crippen molar-refractivity contribution in [1.82, 2.24) is 20.5 Å². The topological polar surface area (TPSA) is 70.7 Å². The molecule has 0 unspecified atom stereocenters. The van der Waals surface area contributed by atoms with Crippen molar-refractivity contribution >= 4 is 5.91 Å². The van der Waals surface area contributed by atoms with E-state index in [1.54, 1.807) is 6.20 Å². The summed E-state index contributed by atoms with van der Waals surface area (Å²) in [5, 5.41) is 8.45. The lowest BCUT2D eigenvalue weighted by Crippen LogP contribution is -2.34. The predicted molar refractivity (Wildman–Crippen MR) is 73.2 cm³/mol. The second-order valence-corrected chi connectivity index (χ2v) is 4.85. The number of amides is 1. The first-order chi connectivity index (χ1) is 9.97. The Morgan fingerprint density at radius 1 is 1.48 bits per heavy atom. The molecule has 2 heterocycles. The number of aromatic amines is 1. The third kappa shape index (κ3) is 3.84. The highest BCUT2D eigenvalue weighted by Crippen LogP contribution is 2.16. The molecule has 2 rings (SSSR count). The van der Waals surface area contributed by atoms with E-state index in [9.17, 15) is 13.6 Å².